The van der Waals surface area contributed by atoms with Crippen molar-refractivity contribution in [1.29, 1.82) is 0 Å². The van der Waals surface area contributed by atoms with Crippen LogP contribution in [0.4, 0.5) is 0 Å². The lowest BCUT2D eigenvalue weighted by Gasteiger charge is -2.33. The van der Waals surface area contributed by atoms with E-state index in [1.165, 1.54) is 25.8 Å². The molecule has 1 aromatic rings. The van der Waals surface area contributed by atoms with E-state index in [1.54, 1.807) is 0 Å². The second-order valence-electron chi connectivity index (χ2n) is 5.98. The van der Waals surface area contributed by atoms with E-state index in [4.69, 9.17) is 11.6 Å². The Bertz CT molecular complexity index is 427. The van der Waals surface area contributed by atoms with Gasteiger partial charge in [-0.15, -0.1) is 0 Å². The Labute approximate surface area is 133 Å². The molecule has 0 aliphatic carbocycles. The second kappa shape index (κ2) is 8.74. The molecule has 2 unspecified atom stereocenters. The number of likely N-dealkylation sites (tertiary alicyclic amines) is 1. The van der Waals surface area contributed by atoms with E-state index >= 15 is 0 Å². The van der Waals surface area contributed by atoms with Gasteiger partial charge in [0.15, 0.2) is 0 Å². The molecule has 2 rings (SSSR count). The Kier molecular flexibility index (Phi) is 6.97. The van der Waals surface area contributed by atoms with Gasteiger partial charge in [-0.25, -0.2) is 0 Å². The van der Waals surface area contributed by atoms with E-state index in [2.05, 4.69) is 17.1 Å². The number of hydrogen-bond acceptors (Lipinski definition) is 3. The fraction of sp³-hybridized carbons (Fsp3) is 0.647. The molecule has 118 valence electrons. The number of piperidine rings is 1. The number of hydrogen-bond donors (Lipinski definition) is 2. The number of halogens is 1. The van der Waals surface area contributed by atoms with E-state index in [1.807, 2.05) is 24.3 Å². The Balaban J connectivity index is 1.62. The Hall–Kier alpha value is -0.610. The first-order chi connectivity index (χ1) is 10.2. The van der Waals surface area contributed by atoms with Crippen LogP contribution in [0.5, 0.6) is 0 Å². The summed E-state index contributed by atoms with van der Waals surface area (Å²) in [5, 5.41) is 14.1. The van der Waals surface area contributed by atoms with E-state index in [-0.39, 0.29) is 0 Å². The molecule has 0 amide bonds. The maximum atomic E-state index is 10.1. The minimum absolute atomic E-state index is 0.535. The first kappa shape index (κ1) is 16.8. The summed E-state index contributed by atoms with van der Waals surface area (Å²) in [5.41, 5.74) is 0.802. The van der Waals surface area contributed by atoms with E-state index in [9.17, 15) is 5.11 Å². The number of benzene rings is 1. The first-order valence-corrected chi connectivity index (χ1v) is 8.43. The number of aliphatic hydroxyl groups is 1. The summed E-state index contributed by atoms with van der Waals surface area (Å²) in [5.74, 6) is 0. The van der Waals surface area contributed by atoms with Crippen LogP contribution >= 0.6 is 11.6 Å². The maximum absolute atomic E-state index is 10.1. The van der Waals surface area contributed by atoms with Crippen LogP contribution in [-0.4, -0.2) is 42.2 Å². The van der Waals surface area contributed by atoms with Gasteiger partial charge in [0.25, 0.3) is 0 Å². The Morgan fingerprint density at radius 2 is 2.19 bits per heavy atom. The topological polar surface area (TPSA) is 35.5 Å². The summed E-state index contributed by atoms with van der Waals surface area (Å²) in [4.78, 5) is 2.58. The van der Waals surface area contributed by atoms with Gasteiger partial charge in [0, 0.05) is 23.2 Å². The molecular weight excluding hydrogens is 284 g/mol. The molecule has 1 aliphatic heterocycles. The summed E-state index contributed by atoms with van der Waals surface area (Å²) >= 11 is 6.08. The molecule has 0 spiro atoms. The van der Waals surface area contributed by atoms with Gasteiger partial charge in [-0.3, -0.25) is 0 Å². The fourth-order valence-corrected chi connectivity index (χ4v) is 3.25. The van der Waals surface area contributed by atoms with Gasteiger partial charge in [-0.2, -0.15) is 0 Å². The van der Waals surface area contributed by atoms with Crippen LogP contribution in [-0.2, 0) is 0 Å². The van der Waals surface area contributed by atoms with Crippen molar-refractivity contribution in [3.05, 3.63) is 34.9 Å². The number of rotatable bonds is 7. The lowest BCUT2D eigenvalue weighted by atomic mass is 10.0. The van der Waals surface area contributed by atoms with E-state index in [0.29, 0.717) is 11.6 Å². The molecule has 1 fully saturated rings. The molecule has 4 heteroatoms. The third-order valence-corrected chi connectivity index (χ3v) is 4.69. The average Bonchev–Trinajstić information content (AvgIpc) is 2.49. The zero-order valence-electron chi connectivity index (χ0n) is 12.9. The number of nitrogens with one attached hydrogen (secondary N) is 1. The number of nitrogens with zero attached hydrogens (tertiary/aromatic N) is 1. The van der Waals surface area contributed by atoms with Gasteiger partial charge in [0.2, 0.25) is 0 Å². The van der Waals surface area contributed by atoms with Crippen molar-refractivity contribution in [2.75, 3.05) is 26.2 Å². The summed E-state index contributed by atoms with van der Waals surface area (Å²) in [6.07, 6.45) is 4.63. The van der Waals surface area contributed by atoms with Crippen LogP contribution < -0.4 is 5.32 Å². The summed E-state index contributed by atoms with van der Waals surface area (Å²) in [6, 6.07) is 8.21. The fourth-order valence-electron chi connectivity index (χ4n) is 2.99. The molecule has 1 aliphatic rings. The van der Waals surface area contributed by atoms with E-state index in [0.717, 1.165) is 31.1 Å². The standard InChI is InChI=1S/C17H27ClN2O/c1-14-7-4-5-11-20(14)12-6-10-19-13-17(21)15-8-2-3-9-16(15)18/h2-3,8-9,14,17,19,21H,4-7,10-13H2,1H3. The van der Waals surface area contributed by atoms with Gasteiger partial charge in [0.1, 0.15) is 0 Å². The van der Waals surface area contributed by atoms with Crippen molar-refractivity contribution in [3.63, 3.8) is 0 Å². The maximum Gasteiger partial charge on any atom is 0.0928 e. The predicted octanol–water partition coefficient (Wildman–Crippen LogP) is 3.23. The highest BCUT2D eigenvalue weighted by Crippen LogP contribution is 2.21. The van der Waals surface area contributed by atoms with Crippen LogP contribution in [0.3, 0.4) is 0 Å². The molecule has 1 saturated heterocycles. The molecule has 21 heavy (non-hydrogen) atoms. The van der Waals surface area contributed by atoms with Gasteiger partial charge >= 0.3 is 0 Å². The molecule has 1 heterocycles. The zero-order chi connectivity index (χ0) is 15.1. The average molecular weight is 311 g/mol. The van der Waals surface area contributed by atoms with E-state index < -0.39 is 6.10 Å². The van der Waals surface area contributed by atoms with Crippen molar-refractivity contribution < 1.29 is 5.11 Å². The third-order valence-electron chi connectivity index (χ3n) is 4.34. The zero-order valence-corrected chi connectivity index (χ0v) is 13.6. The number of aliphatic hydroxyl groups excluding tert-OH is 1. The van der Waals surface area contributed by atoms with Gasteiger partial charge in [-0.05, 0) is 51.9 Å². The minimum Gasteiger partial charge on any atom is -0.387 e. The van der Waals surface area contributed by atoms with Crippen LogP contribution in [0.1, 0.15) is 44.3 Å². The monoisotopic (exact) mass is 310 g/mol. The molecule has 2 atom stereocenters. The first-order valence-electron chi connectivity index (χ1n) is 8.05. The summed E-state index contributed by atoms with van der Waals surface area (Å²) in [6.45, 7) is 6.21. The van der Waals surface area contributed by atoms with Crippen molar-refractivity contribution >= 4 is 11.6 Å². The van der Waals surface area contributed by atoms with Crippen molar-refractivity contribution in [1.82, 2.24) is 10.2 Å². The van der Waals surface area contributed by atoms with Crippen molar-refractivity contribution in [2.24, 2.45) is 0 Å². The SMILES string of the molecule is CC1CCCCN1CCCNCC(O)c1ccccc1Cl. The Morgan fingerprint density at radius 3 is 2.95 bits per heavy atom. The van der Waals surface area contributed by atoms with Gasteiger partial charge in [0.05, 0.1) is 6.10 Å². The molecule has 2 N–H and O–H groups in total. The van der Waals surface area contributed by atoms with Crippen LogP contribution in [0.2, 0.25) is 5.02 Å². The highest BCUT2D eigenvalue weighted by Gasteiger charge is 2.17. The van der Waals surface area contributed by atoms with Gasteiger partial charge < -0.3 is 15.3 Å². The molecule has 0 saturated carbocycles. The Morgan fingerprint density at radius 1 is 1.38 bits per heavy atom. The highest BCUT2D eigenvalue weighted by atomic mass is 35.5. The highest BCUT2D eigenvalue weighted by molar-refractivity contribution is 6.31. The summed E-state index contributed by atoms with van der Waals surface area (Å²) < 4.78 is 0. The lowest BCUT2D eigenvalue weighted by molar-refractivity contribution is 0.154. The molecular formula is C17H27ClN2O. The normalized spacial score (nSPS) is 21.4. The lowest BCUT2D eigenvalue weighted by Crippen LogP contribution is -2.39. The van der Waals surface area contributed by atoms with Crippen molar-refractivity contribution in [3.8, 4) is 0 Å². The van der Waals surface area contributed by atoms with Crippen LogP contribution in [0.25, 0.3) is 0 Å². The largest absolute Gasteiger partial charge is 0.387 e. The smallest absolute Gasteiger partial charge is 0.0928 e. The molecule has 0 bridgehead atoms. The van der Waals surface area contributed by atoms with Crippen LogP contribution in [0.15, 0.2) is 24.3 Å². The minimum atomic E-state index is -0.535. The van der Waals surface area contributed by atoms with Crippen molar-refractivity contribution in [2.45, 2.75) is 44.8 Å². The molecule has 0 radical (unpaired) electrons. The van der Waals surface area contributed by atoms with Gasteiger partial charge in [-0.1, -0.05) is 36.2 Å². The van der Waals surface area contributed by atoms with Crippen LogP contribution in [0, 0.1) is 0 Å². The third kappa shape index (κ3) is 5.26. The summed E-state index contributed by atoms with van der Waals surface area (Å²) in [7, 11) is 0. The quantitative estimate of drug-likeness (QED) is 0.759. The predicted molar refractivity (Wildman–Crippen MR) is 88.8 cm³/mol. The molecule has 1 aromatic carbocycles. The molecule has 3 nitrogen and oxygen atoms in total. The molecule has 0 aromatic heterocycles. The second-order valence-corrected chi connectivity index (χ2v) is 6.38.